The molecule has 0 aliphatic carbocycles. The first-order valence-corrected chi connectivity index (χ1v) is 12.7. The second-order valence-corrected chi connectivity index (χ2v) is 9.37. The molecule has 0 aromatic heterocycles. The van der Waals surface area contributed by atoms with E-state index in [1.54, 1.807) is 39.2 Å². The van der Waals surface area contributed by atoms with E-state index in [9.17, 15) is 9.59 Å². The van der Waals surface area contributed by atoms with Gasteiger partial charge in [-0.15, -0.1) is 0 Å². The van der Waals surface area contributed by atoms with Gasteiger partial charge in [-0.25, -0.2) is 9.59 Å². The van der Waals surface area contributed by atoms with E-state index in [0.717, 1.165) is 28.7 Å². The smallest absolute Gasteiger partial charge is 0.338 e. The number of carbonyl (C=O) groups is 2. The molecule has 36 heavy (non-hydrogen) atoms. The molecule has 0 radical (unpaired) electrons. The number of hydrogen-bond acceptors (Lipinski definition) is 6. The van der Waals surface area contributed by atoms with Crippen LogP contribution in [0.15, 0.2) is 60.7 Å². The van der Waals surface area contributed by atoms with Gasteiger partial charge in [0.25, 0.3) is 0 Å². The van der Waals surface area contributed by atoms with Gasteiger partial charge in [-0.2, -0.15) is 0 Å². The maximum atomic E-state index is 11.9. The molecule has 194 valence electrons. The van der Waals surface area contributed by atoms with Gasteiger partial charge < -0.3 is 9.47 Å². The van der Waals surface area contributed by atoms with E-state index in [1.165, 1.54) is 0 Å². The van der Waals surface area contributed by atoms with E-state index in [4.69, 9.17) is 33.0 Å². The molecule has 6 nitrogen and oxygen atoms in total. The molecule has 3 rings (SSSR count). The van der Waals surface area contributed by atoms with E-state index in [1.807, 2.05) is 71.9 Å². The van der Waals surface area contributed by atoms with Crippen LogP contribution < -0.4 is 8.84 Å². The van der Waals surface area contributed by atoms with Crippen LogP contribution in [0.25, 0.3) is 10.8 Å². The van der Waals surface area contributed by atoms with Crippen LogP contribution in [-0.4, -0.2) is 37.2 Å². The fourth-order valence-electron chi connectivity index (χ4n) is 3.20. The van der Waals surface area contributed by atoms with Crippen molar-refractivity contribution >= 4 is 57.6 Å². The molecule has 0 unspecified atom stereocenters. The van der Waals surface area contributed by atoms with Crippen molar-refractivity contribution in [2.75, 3.05) is 21.9 Å². The van der Waals surface area contributed by atoms with Crippen molar-refractivity contribution in [1.29, 1.82) is 0 Å². The van der Waals surface area contributed by atoms with E-state index in [0.29, 0.717) is 17.7 Å². The Bertz CT molecular complexity index is 1150. The summed E-state index contributed by atoms with van der Waals surface area (Å²) < 4.78 is 13.5. The van der Waals surface area contributed by atoms with Crippen LogP contribution >= 0.6 is 23.6 Å². The summed E-state index contributed by atoms with van der Waals surface area (Å²) in [6.45, 7) is 12.7. The third kappa shape index (κ3) is 8.61. The van der Waals surface area contributed by atoms with Gasteiger partial charge in [-0.05, 0) is 101 Å². The van der Waals surface area contributed by atoms with Crippen LogP contribution in [0.4, 0.5) is 11.4 Å². The maximum Gasteiger partial charge on any atom is 0.338 e. The number of fused-ring (bicyclic) bond motifs is 1. The van der Waals surface area contributed by atoms with Crippen molar-refractivity contribution in [1.82, 2.24) is 0 Å². The number of carbonyl (C=O) groups excluding carboxylic acids is 2. The van der Waals surface area contributed by atoms with E-state index in [2.05, 4.69) is 0 Å². The summed E-state index contributed by atoms with van der Waals surface area (Å²) >= 11 is 12.0. The van der Waals surface area contributed by atoms with Crippen LogP contribution in [-0.2, 0) is 9.47 Å². The highest BCUT2D eigenvalue weighted by atomic mass is 35.5. The molecular weight excluding hydrogens is 499 g/mol. The van der Waals surface area contributed by atoms with Gasteiger partial charge in [0.05, 0.1) is 34.7 Å². The minimum absolute atomic E-state index is 0.104. The van der Waals surface area contributed by atoms with E-state index < -0.39 is 0 Å². The van der Waals surface area contributed by atoms with Crippen LogP contribution in [0.3, 0.4) is 0 Å². The number of halogens is 2. The Hall–Kier alpha value is -2.96. The molecule has 0 fully saturated rings. The Morgan fingerprint density at radius 1 is 0.667 bits per heavy atom. The summed E-state index contributed by atoms with van der Waals surface area (Å²) in [5, 5.41) is 2.04. The second kappa shape index (κ2) is 14.0. The zero-order valence-electron chi connectivity index (χ0n) is 21.6. The number of nitrogens with zero attached hydrogens (tertiary/aromatic N) is 2. The van der Waals surface area contributed by atoms with Gasteiger partial charge in [0.15, 0.2) is 0 Å². The molecule has 0 saturated heterocycles. The lowest BCUT2D eigenvalue weighted by molar-refractivity contribution is 0.0367. The summed E-state index contributed by atoms with van der Waals surface area (Å²) in [6, 6.07) is 18.5. The molecule has 3 aromatic rings. The zero-order valence-corrected chi connectivity index (χ0v) is 23.1. The van der Waals surface area contributed by atoms with Crippen molar-refractivity contribution in [3.05, 3.63) is 71.8 Å². The molecule has 0 amide bonds. The SMILES string of the molecule is CCN(Cl)c1ccc(C(=O)OC(C)C)cc1.CCN(Cl)c1ccc2cc(C(=O)OC(C)C)ccc2c1. The molecule has 0 bridgehead atoms. The summed E-state index contributed by atoms with van der Waals surface area (Å²) in [6.07, 6.45) is -0.220. The standard InChI is InChI=1S/C16H18ClNO2.C12H16ClNO2/c1-4-18(17)15-8-7-12-9-14(6-5-13(12)10-15)16(19)20-11(2)3;1-4-14(13)11-7-5-10(6-8-11)12(15)16-9(2)3/h5-11H,4H2,1-3H3;5-9H,4H2,1-3H3. The highest BCUT2D eigenvalue weighted by Gasteiger charge is 2.11. The van der Waals surface area contributed by atoms with Crippen LogP contribution in [0, 0.1) is 0 Å². The normalized spacial score (nSPS) is 10.6. The third-order valence-corrected chi connectivity index (χ3v) is 5.83. The number of esters is 2. The Labute approximate surface area is 223 Å². The van der Waals surface area contributed by atoms with E-state index in [-0.39, 0.29) is 24.1 Å². The molecule has 0 spiro atoms. The molecule has 0 saturated carbocycles. The maximum absolute atomic E-state index is 11.9. The molecule has 0 heterocycles. The Kier molecular flexibility index (Phi) is 11.3. The summed E-state index contributed by atoms with van der Waals surface area (Å²) in [5.74, 6) is -0.599. The number of ether oxygens (including phenoxy) is 2. The predicted molar refractivity (Wildman–Crippen MR) is 149 cm³/mol. The predicted octanol–water partition coefficient (Wildman–Crippen LogP) is 7.62. The monoisotopic (exact) mass is 532 g/mol. The van der Waals surface area contributed by atoms with Crippen molar-refractivity contribution in [3.8, 4) is 0 Å². The number of rotatable bonds is 8. The summed E-state index contributed by atoms with van der Waals surface area (Å²) in [5.41, 5.74) is 2.92. The fraction of sp³-hybridized carbons (Fsp3) is 0.357. The molecule has 0 aliphatic heterocycles. The summed E-state index contributed by atoms with van der Waals surface area (Å²) in [7, 11) is 0. The molecule has 0 atom stereocenters. The number of hydrogen-bond donors (Lipinski definition) is 0. The topological polar surface area (TPSA) is 59.1 Å². The Morgan fingerprint density at radius 3 is 1.61 bits per heavy atom. The first kappa shape index (κ1) is 29.3. The quantitative estimate of drug-likeness (QED) is 0.219. The fourth-order valence-corrected chi connectivity index (χ4v) is 3.42. The Morgan fingerprint density at radius 2 is 1.08 bits per heavy atom. The van der Waals surface area contributed by atoms with Crippen molar-refractivity contribution in [2.24, 2.45) is 0 Å². The first-order valence-electron chi connectivity index (χ1n) is 12.0. The lowest BCUT2D eigenvalue weighted by Crippen LogP contribution is -2.12. The van der Waals surface area contributed by atoms with Gasteiger partial charge in [-0.3, -0.25) is 8.84 Å². The second-order valence-electron chi connectivity index (χ2n) is 8.56. The van der Waals surface area contributed by atoms with Gasteiger partial charge in [-0.1, -0.05) is 12.1 Å². The molecule has 0 N–H and O–H groups in total. The van der Waals surface area contributed by atoms with Gasteiger partial charge >= 0.3 is 11.9 Å². The van der Waals surface area contributed by atoms with Crippen molar-refractivity contribution < 1.29 is 19.1 Å². The Balaban J connectivity index is 0.000000261. The molecule has 3 aromatic carbocycles. The minimum atomic E-state index is -0.306. The van der Waals surface area contributed by atoms with Crippen LogP contribution in [0.1, 0.15) is 62.3 Å². The average molecular weight is 533 g/mol. The highest BCUT2D eigenvalue weighted by molar-refractivity contribution is 6.26. The first-order chi connectivity index (χ1) is 17.0. The van der Waals surface area contributed by atoms with Gasteiger partial charge in [0.1, 0.15) is 0 Å². The summed E-state index contributed by atoms with van der Waals surface area (Å²) in [4.78, 5) is 23.4. The lowest BCUT2D eigenvalue weighted by atomic mass is 10.1. The minimum Gasteiger partial charge on any atom is -0.459 e. The van der Waals surface area contributed by atoms with Crippen LogP contribution in [0.2, 0.25) is 0 Å². The molecule has 0 aliphatic rings. The highest BCUT2D eigenvalue weighted by Crippen LogP contribution is 2.24. The van der Waals surface area contributed by atoms with Gasteiger partial charge in [0.2, 0.25) is 0 Å². The van der Waals surface area contributed by atoms with Crippen molar-refractivity contribution in [3.63, 3.8) is 0 Å². The van der Waals surface area contributed by atoms with Crippen molar-refractivity contribution in [2.45, 2.75) is 53.8 Å². The third-order valence-electron chi connectivity index (χ3n) is 4.96. The number of benzene rings is 3. The largest absolute Gasteiger partial charge is 0.459 e. The zero-order chi connectivity index (χ0) is 26.8. The number of anilines is 2. The lowest BCUT2D eigenvalue weighted by Gasteiger charge is -2.14. The van der Waals surface area contributed by atoms with Crippen LogP contribution in [0.5, 0.6) is 0 Å². The van der Waals surface area contributed by atoms with E-state index >= 15 is 0 Å². The average Bonchev–Trinajstić information content (AvgIpc) is 2.86. The molecule has 8 heteroatoms. The molecular formula is C28H34Cl2N2O4. The van der Waals surface area contributed by atoms with Gasteiger partial charge in [0, 0.05) is 36.6 Å².